The minimum Gasteiger partial charge on any atom is -0.385 e. The molecule has 6 heteroatoms. The molecule has 2 aliphatic heterocycles. The van der Waals surface area contributed by atoms with E-state index in [9.17, 15) is 13.5 Å². The van der Waals surface area contributed by atoms with Gasteiger partial charge in [0.25, 0.3) is 0 Å². The minimum atomic E-state index is -3.00. The molecule has 2 fully saturated rings. The van der Waals surface area contributed by atoms with Crippen LogP contribution in [0.1, 0.15) is 44.6 Å². The van der Waals surface area contributed by atoms with E-state index in [-0.39, 0.29) is 10.5 Å². The second kappa shape index (κ2) is 4.31. The van der Waals surface area contributed by atoms with Crippen molar-refractivity contribution in [1.29, 1.82) is 0 Å². The Balaban J connectivity index is 1.88. The molecule has 1 aromatic heterocycles. The maximum atomic E-state index is 12.1. The number of aromatic nitrogens is 2. The Labute approximate surface area is 113 Å². The van der Waals surface area contributed by atoms with E-state index in [1.165, 1.54) is 0 Å². The van der Waals surface area contributed by atoms with E-state index in [1.807, 2.05) is 10.9 Å². The zero-order chi connectivity index (χ0) is 13.7. The van der Waals surface area contributed by atoms with Crippen molar-refractivity contribution in [2.45, 2.75) is 61.7 Å². The van der Waals surface area contributed by atoms with Crippen LogP contribution < -0.4 is 0 Å². The van der Waals surface area contributed by atoms with Gasteiger partial charge in [-0.05, 0) is 32.1 Å². The zero-order valence-electron chi connectivity index (χ0n) is 11.1. The molecule has 0 spiro atoms. The second-order valence-corrected chi connectivity index (χ2v) is 8.35. The first-order chi connectivity index (χ1) is 8.95. The molecule has 0 aliphatic carbocycles. The van der Waals surface area contributed by atoms with Crippen LogP contribution in [0.5, 0.6) is 0 Å². The third-order valence-electron chi connectivity index (χ3n) is 4.49. The second-order valence-electron chi connectivity index (χ2n) is 5.84. The quantitative estimate of drug-likeness (QED) is 0.906. The summed E-state index contributed by atoms with van der Waals surface area (Å²) >= 11 is 0. The summed E-state index contributed by atoms with van der Waals surface area (Å²) in [7, 11) is -3.00. The van der Waals surface area contributed by atoms with Crippen LogP contribution in [0.4, 0.5) is 0 Å². The van der Waals surface area contributed by atoms with Gasteiger partial charge in [-0.15, -0.1) is 0 Å². The van der Waals surface area contributed by atoms with Gasteiger partial charge in [0.1, 0.15) is 0 Å². The zero-order valence-corrected chi connectivity index (χ0v) is 11.9. The van der Waals surface area contributed by atoms with Gasteiger partial charge in [0.05, 0.1) is 22.3 Å². The lowest BCUT2D eigenvalue weighted by atomic mass is 9.88. The van der Waals surface area contributed by atoms with Gasteiger partial charge < -0.3 is 5.11 Å². The molecule has 0 saturated carbocycles. The lowest BCUT2D eigenvalue weighted by Crippen LogP contribution is -2.42. The number of hydrogen-bond acceptors (Lipinski definition) is 4. The van der Waals surface area contributed by atoms with Crippen LogP contribution in [0.3, 0.4) is 0 Å². The lowest BCUT2D eigenvalue weighted by molar-refractivity contribution is 0.0172. The maximum absolute atomic E-state index is 12.1. The Morgan fingerprint density at radius 2 is 2.05 bits per heavy atom. The van der Waals surface area contributed by atoms with E-state index < -0.39 is 15.4 Å². The first kappa shape index (κ1) is 13.1. The molecule has 2 saturated heterocycles. The molecule has 19 heavy (non-hydrogen) atoms. The fourth-order valence-corrected chi connectivity index (χ4v) is 5.93. The van der Waals surface area contributed by atoms with E-state index in [2.05, 4.69) is 12.0 Å². The van der Waals surface area contributed by atoms with Gasteiger partial charge in [0.2, 0.25) is 0 Å². The van der Waals surface area contributed by atoms with E-state index >= 15 is 0 Å². The first-order valence-electron chi connectivity index (χ1n) is 6.94. The third kappa shape index (κ3) is 2.01. The van der Waals surface area contributed by atoms with Gasteiger partial charge in [-0.25, -0.2) is 8.42 Å². The smallest absolute Gasteiger partial charge is 0.156 e. The largest absolute Gasteiger partial charge is 0.385 e. The summed E-state index contributed by atoms with van der Waals surface area (Å²) in [4.78, 5) is 0. The summed E-state index contributed by atoms with van der Waals surface area (Å²) in [5, 5.41) is 14.3. The SMILES string of the molecule is CCCn1cc(C2(O)CC3CCC(C2)S3(=O)=O)cn1. The number of fused-ring (bicyclic) bond motifs is 2. The Bertz CT molecular complexity index is 558. The summed E-state index contributed by atoms with van der Waals surface area (Å²) in [5.41, 5.74) is -0.240. The Kier molecular flexibility index (Phi) is 2.98. The molecular formula is C13H20N2O3S. The molecule has 1 N–H and O–H groups in total. The number of rotatable bonds is 3. The van der Waals surface area contributed by atoms with Crippen LogP contribution in [0.25, 0.3) is 0 Å². The highest BCUT2D eigenvalue weighted by Gasteiger charge is 2.53. The fraction of sp³-hybridized carbons (Fsp3) is 0.769. The Morgan fingerprint density at radius 3 is 2.63 bits per heavy atom. The molecule has 106 valence electrons. The lowest BCUT2D eigenvalue weighted by Gasteiger charge is -2.35. The molecule has 0 radical (unpaired) electrons. The summed E-state index contributed by atoms with van der Waals surface area (Å²) < 4.78 is 26.0. The molecule has 0 aromatic carbocycles. The molecule has 2 unspecified atom stereocenters. The topological polar surface area (TPSA) is 72.2 Å². The van der Waals surface area contributed by atoms with Gasteiger partial charge in [-0.2, -0.15) is 5.10 Å². The summed E-state index contributed by atoms with van der Waals surface area (Å²) in [6.07, 6.45) is 6.57. The van der Waals surface area contributed by atoms with Crippen molar-refractivity contribution in [2.24, 2.45) is 0 Å². The number of hydrogen-bond donors (Lipinski definition) is 1. The molecule has 2 aliphatic rings. The highest BCUT2D eigenvalue weighted by atomic mass is 32.2. The normalized spacial score (nSPS) is 36.5. The number of aliphatic hydroxyl groups is 1. The fourth-order valence-electron chi connectivity index (χ4n) is 3.44. The average Bonchev–Trinajstić information content (AvgIpc) is 2.84. The van der Waals surface area contributed by atoms with Crippen LogP contribution in [-0.4, -0.2) is 33.8 Å². The molecular weight excluding hydrogens is 264 g/mol. The van der Waals surface area contributed by atoms with Gasteiger partial charge >= 0.3 is 0 Å². The molecule has 2 atom stereocenters. The van der Waals surface area contributed by atoms with Gasteiger partial charge in [0, 0.05) is 18.3 Å². The summed E-state index contributed by atoms with van der Waals surface area (Å²) in [5.74, 6) is 0. The van der Waals surface area contributed by atoms with Crippen molar-refractivity contribution in [3.63, 3.8) is 0 Å². The molecule has 5 nitrogen and oxygen atoms in total. The minimum absolute atomic E-state index is 0.323. The summed E-state index contributed by atoms with van der Waals surface area (Å²) in [6.45, 7) is 2.89. The Hall–Kier alpha value is -0.880. The van der Waals surface area contributed by atoms with Crippen molar-refractivity contribution in [2.75, 3.05) is 0 Å². The number of aryl methyl sites for hydroxylation is 1. The van der Waals surface area contributed by atoms with E-state index in [0.29, 0.717) is 25.7 Å². The van der Waals surface area contributed by atoms with Crippen molar-refractivity contribution >= 4 is 9.84 Å². The van der Waals surface area contributed by atoms with Crippen molar-refractivity contribution in [3.8, 4) is 0 Å². The van der Waals surface area contributed by atoms with Crippen LogP contribution in [0, 0.1) is 0 Å². The highest BCUT2D eigenvalue weighted by molar-refractivity contribution is 7.93. The van der Waals surface area contributed by atoms with Gasteiger partial charge in [-0.1, -0.05) is 6.92 Å². The summed E-state index contributed by atoms with van der Waals surface area (Å²) in [6, 6.07) is 0. The number of sulfone groups is 1. The van der Waals surface area contributed by atoms with Gasteiger partial charge in [0.15, 0.2) is 9.84 Å². The Morgan fingerprint density at radius 1 is 1.42 bits per heavy atom. The van der Waals surface area contributed by atoms with E-state index in [1.54, 1.807) is 6.20 Å². The van der Waals surface area contributed by atoms with Crippen LogP contribution in [0.15, 0.2) is 12.4 Å². The third-order valence-corrected chi connectivity index (χ3v) is 7.16. The van der Waals surface area contributed by atoms with E-state index in [0.717, 1.165) is 18.5 Å². The van der Waals surface area contributed by atoms with Crippen molar-refractivity contribution in [1.82, 2.24) is 9.78 Å². The van der Waals surface area contributed by atoms with Crippen molar-refractivity contribution in [3.05, 3.63) is 18.0 Å². The maximum Gasteiger partial charge on any atom is 0.156 e. The molecule has 3 heterocycles. The molecule has 3 rings (SSSR count). The standard InChI is InChI=1S/C13H20N2O3S/c1-2-5-15-9-10(8-14-15)13(16)6-11-3-4-12(7-13)19(11,17)18/h8-9,11-12,16H,2-7H2,1H3. The number of nitrogens with zero attached hydrogens (tertiary/aromatic N) is 2. The van der Waals surface area contributed by atoms with Crippen LogP contribution >= 0.6 is 0 Å². The predicted octanol–water partition coefficient (Wildman–Crippen LogP) is 1.22. The van der Waals surface area contributed by atoms with Gasteiger partial charge in [-0.3, -0.25) is 4.68 Å². The molecule has 2 bridgehead atoms. The van der Waals surface area contributed by atoms with E-state index in [4.69, 9.17) is 0 Å². The molecule has 1 aromatic rings. The van der Waals surface area contributed by atoms with Crippen LogP contribution in [0.2, 0.25) is 0 Å². The highest BCUT2D eigenvalue weighted by Crippen LogP contribution is 2.47. The predicted molar refractivity (Wildman–Crippen MR) is 71.4 cm³/mol. The molecule has 0 amide bonds. The average molecular weight is 284 g/mol. The monoisotopic (exact) mass is 284 g/mol. The van der Waals surface area contributed by atoms with Crippen LogP contribution in [-0.2, 0) is 22.0 Å². The first-order valence-corrected chi connectivity index (χ1v) is 8.55. The van der Waals surface area contributed by atoms with Crippen molar-refractivity contribution < 1.29 is 13.5 Å².